The van der Waals surface area contributed by atoms with Crippen LogP contribution in [0.1, 0.15) is 32.5 Å². The molecule has 1 aromatic heterocycles. The van der Waals surface area contributed by atoms with Crippen molar-refractivity contribution in [3.05, 3.63) is 12.2 Å². The van der Waals surface area contributed by atoms with E-state index in [0.29, 0.717) is 12.4 Å². The van der Waals surface area contributed by atoms with Crippen molar-refractivity contribution < 1.29 is 14.7 Å². The molecule has 2 heterocycles. The molecule has 2 atom stereocenters. The highest BCUT2D eigenvalue weighted by atomic mass is 16.4. The fraction of sp³-hybridized carbons (Fsp3) is 0.692. The zero-order valence-electron chi connectivity index (χ0n) is 12.3. The zero-order valence-corrected chi connectivity index (χ0v) is 12.3. The van der Waals surface area contributed by atoms with Crippen LogP contribution < -0.4 is 5.32 Å². The molecule has 1 aromatic rings. The Balaban J connectivity index is 2.00. The van der Waals surface area contributed by atoms with Crippen LogP contribution in [0.5, 0.6) is 0 Å². The number of nitrogens with zero attached hydrogens (tertiary/aromatic N) is 4. The van der Waals surface area contributed by atoms with Gasteiger partial charge in [-0.15, -0.1) is 10.2 Å². The molecule has 8 nitrogen and oxygen atoms in total. The molecule has 0 saturated carbocycles. The minimum atomic E-state index is -0.950. The summed E-state index contributed by atoms with van der Waals surface area (Å²) in [6, 6.07) is -1.12. The summed E-state index contributed by atoms with van der Waals surface area (Å²) in [5.41, 5.74) is 0. The van der Waals surface area contributed by atoms with Gasteiger partial charge in [0.25, 0.3) is 0 Å². The molecule has 0 bridgehead atoms. The van der Waals surface area contributed by atoms with Crippen LogP contribution >= 0.6 is 0 Å². The summed E-state index contributed by atoms with van der Waals surface area (Å²) in [7, 11) is 0. The minimum Gasteiger partial charge on any atom is -0.480 e. The molecule has 0 radical (unpaired) electrons. The van der Waals surface area contributed by atoms with Crippen LogP contribution in [0.2, 0.25) is 0 Å². The quantitative estimate of drug-likeness (QED) is 0.851. The Kier molecular flexibility index (Phi) is 4.77. The van der Waals surface area contributed by atoms with Gasteiger partial charge in [0, 0.05) is 13.1 Å². The maximum Gasteiger partial charge on any atom is 0.326 e. The van der Waals surface area contributed by atoms with Crippen LogP contribution in [0.3, 0.4) is 0 Å². The Labute approximate surface area is 123 Å². The highest BCUT2D eigenvalue weighted by Crippen LogP contribution is 2.23. The van der Waals surface area contributed by atoms with Crippen molar-refractivity contribution in [3.63, 3.8) is 0 Å². The smallest absolute Gasteiger partial charge is 0.326 e. The van der Waals surface area contributed by atoms with E-state index in [4.69, 9.17) is 0 Å². The highest BCUT2D eigenvalue weighted by molar-refractivity contribution is 5.83. The molecule has 1 aliphatic rings. The Morgan fingerprint density at radius 1 is 1.52 bits per heavy atom. The highest BCUT2D eigenvalue weighted by Gasteiger charge is 2.36. The lowest BCUT2D eigenvalue weighted by molar-refractivity contribution is -0.145. The van der Waals surface area contributed by atoms with Gasteiger partial charge in [-0.25, -0.2) is 9.59 Å². The van der Waals surface area contributed by atoms with Crippen LogP contribution in [-0.4, -0.2) is 49.4 Å². The molecule has 116 valence electrons. The molecular weight excluding hydrogens is 274 g/mol. The molecule has 8 heteroatoms. The maximum atomic E-state index is 12.2. The van der Waals surface area contributed by atoms with Gasteiger partial charge in [-0.1, -0.05) is 6.92 Å². The molecule has 1 saturated heterocycles. The van der Waals surface area contributed by atoms with Crippen molar-refractivity contribution in [3.8, 4) is 0 Å². The molecule has 1 fully saturated rings. The van der Waals surface area contributed by atoms with Crippen molar-refractivity contribution in [2.75, 3.05) is 6.54 Å². The van der Waals surface area contributed by atoms with Crippen LogP contribution in [0.15, 0.2) is 6.33 Å². The van der Waals surface area contributed by atoms with E-state index in [-0.39, 0.29) is 18.5 Å². The monoisotopic (exact) mass is 295 g/mol. The van der Waals surface area contributed by atoms with Gasteiger partial charge in [-0.3, -0.25) is 0 Å². The first-order chi connectivity index (χ1) is 10.0. The summed E-state index contributed by atoms with van der Waals surface area (Å²) in [6.45, 7) is 5.25. The number of aliphatic carboxylic acids is 1. The topological polar surface area (TPSA) is 100 Å². The second-order valence-corrected chi connectivity index (χ2v) is 5.29. The molecule has 2 N–H and O–H groups in total. The van der Waals surface area contributed by atoms with Crippen LogP contribution in [0.4, 0.5) is 4.79 Å². The number of likely N-dealkylation sites (tertiary alicyclic amines) is 1. The van der Waals surface area contributed by atoms with Crippen molar-refractivity contribution in [2.45, 2.75) is 45.8 Å². The number of nitrogens with one attached hydrogen (secondary N) is 1. The van der Waals surface area contributed by atoms with Gasteiger partial charge >= 0.3 is 12.0 Å². The summed E-state index contributed by atoms with van der Waals surface area (Å²) < 4.78 is 1.83. The van der Waals surface area contributed by atoms with E-state index in [9.17, 15) is 14.7 Å². The lowest BCUT2D eigenvalue weighted by atomic mass is 9.91. The second-order valence-electron chi connectivity index (χ2n) is 5.29. The number of carbonyl (C=O) groups is 2. The van der Waals surface area contributed by atoms with Gasteiger partial charge in [0.1, 0.15) is 12.4 Å². The fourth-order valence-corrected chi connectivity index (χ4v) is 2.73. The van der Waals surface area contributed by atoms with Gasteiger partial charge in [0.05, 0.1) is 6.54 Å². The number of rotatable bonds is 4. The molecule has 0 aliphatic carbocycles. The summed E-state index contributed by atoms with van der Waals surface area (Å²) in [5, 5.41) is 19.8. The van der Waals surface area contributed by atoms with E-state index in [1.54, 1.807) is 6.33 Å². The summed E-state index contributed by atoms with van der Waals surface area (Å²) in [5.74, 6) is -0.335. The predicted molar refractivity (Wildman–Crippen MR) is 74.5 cm³/mol. The molecular formula is C13H21N5O3. The van der Waals surface area contributed by atoms with Gasteiger partial charge in [-0.05, 0) is 25.7 Å². The largest absolute Gasteiger partial charge is 0.480 e. The van der Waals surface area contributed by atoms with E-state index < -0.39 is 12.0 Å². The van der Waals surface area contributed by atoms with Gasteiger partial charge in [-0.2, -0.15) is 0 Å². The first-order valence-corrected chi connectivity index (χ1v) is 7.18. The molecule has 2 unspecified atom stereocenters. The summed E-state index contributed by atoms with van der Waals surface area (Å²) in [4.78, 5) is 25.0. The summed E-state index contributed by atoms with van der Waals surface area (Å²) >= 11 is 0. The number of piperidine rings is 1. The van der Waals surface area contributed by atoms with Gasteiger partial charge in [0.15, 0.2) is 5.82 Å². The fourth-order valence-electron chi connectivity index (χ4n) is 2.73. The number of carbonyl (C=O) groups excluding carboxylic acids is 1. The number of carboxylic acid groups (broad SMARTS) is 1. The third-order valence-corrected chi connectivity index (χ3v) is 3.88. The number of carboxylic acids is 1. The van der Waals surface area contributed by atoms with Crippen LogP contribution in [0.25, 0.3) is 0 Å². The number of amides is 2. The van der Waals surface area contributed by atoms with Crippen molar-refractivity contribution in [1.29, 1.82) is 0 Å². The molecule has 0 aromatic carbocycles. The first kappa shape index (κ1) is 15.3. The standard InChI is InChI=1S/C13H21N5O3/c1-3-17-8-15-16-10(17)7-14-13(21)18-6-4-5-9(2)11(18)12(19)20/h8-9,11H,3-7H2,1-2H3,(H,14,21)(H,19,20). The Morgan fingerprint density at radius 2 is 2.29 bits per heavy atom. The normalized spacial score (nSPS) is 22.1. The van der Waals surface area contributed by atoms with Gasteiger partial charge in [0.2, 0.25) is 0 Å². The average Bonchev–Trinajstić information content (AvgIpc) is 2.91. The SMILES string of the molecule is CCn1cnnc1CNC(=O)N1CCCC(C)C1C(=O)O. The second kappa shape index (κ2) is 6.55. The Bertz CT molecular complexity index is 516. The molecule has 21 heavy (non-hydrogen) atoms. The van der Waals surface area contributed by atoms with E-state index in [1.165, 1.54) is 4.90 Å². The van der Waals surface area contributed by atoms with Crippen molar-refractivity contribution in [1.82, 2.24) is 25.0 Å². The number of aryl methyl sites for hydroxylation is 1. The first-order valence-electron chi connectivity index (χ1n) is 7.18. The lowest BCUT2D eigenvalue weighted by Gasteiger charge is -2.37. The zero-order chi connectivity index (χ0) is 15.4. The Hall–Kier alpha value is -2.12. The van der Waals surface area contributed by atoms with E-state index >= 15 is 0 Å². The van der Waals surface area contributed by atoms with E-state index in [1.807, 2.05) is 18.4 Å². The lowest BCUT2D eigenvalue weighted by Crippen LogP contribution is -2.55. The molecule has 1 aliphatic heterocycles. The predicted octanol–water partition coefficient (Wildman–Crippen LogP) is 0.693. The van der Waals surface area contributed by atoms with Gasteiger partial charge < -0.3 is 19.9 Å². The number of hydrogen-bond acceptors (Lipinski definition) is 4. The van der Waals surface area contributed by atoms with E-state index in [2.05, 4.69) is 15.5 Å². The number of urea groups is 1. The average molecular weight is 295 g/mol. The summed E-state index contributed by atoms with van der Waals surface area (Å²) in [6.07, 6.45) is 3.25. The van der Waals surface area contributed by atoms with Crippen LogP contribution in [-0.2, 0) is 17.9 Å². The number of aromatic nitrogens is 3. The Morgan fingerprint density at radius 3 is 2.95 bits per heavy atom. The minimum absolute atomic E-state index is 0.0405. The number of hydrogen-bond donors (Lipinski definition) is 2. The third kappa shape index (κ3) is 3.32. The molecule has 0 spiro atoms. The van der Waals surface area contributed by atoms with Crippen molar-refractivity contribution >= 4 is 12.0 Å². The molecule has 2 amide bonds. The molecule has 2 rings (SSSR count). The third-order valence-electron chi connectivity index (χ3n) is 3.88. The van der Waals surface area contributed by atoms with Crippen LogP contribution in [0, 0.1) is 5.92 Å². The van der Waals surface area contributed by atoms with Crippen molar-refractivity contribution in [2.24, 2.45) is 5.92 Å². The maximum absolute atomic E-state index is 12.2. The van der Waals surface area contributed by atoms with E-state index in [0.717, 1.165) is 19.4 Å².